The molecule has 0 saturated carbocycles. The van der Waals surface area contributed by atoms with Crippen LogP contribution in [0.25, 0.3) is 11.2 Å². The predicted molar refractivity (Wildman–Crippen MR) is 74.0 cm³/mol. The van der Waals surface area contributed by atoms with Gasteiger partial charge in [-0.05, 0) is 0 Å². The van der Waals surface area contributed by atoms with Crippen LogP contribution in [0.15, 0.2) is 12.7 Å². The van der Waals surface area contributed by atoms with Crippen molar-refractivity contribution in [1.29, 1.82) is 0 Å². The van der Waals surface area contributed by atoms with E-state index in [4.69, 9.17) is 16.3 Å². The quantitative estimate of drug-likeness (QED) is 0.507. The highest BCUT2D eigenvalue weighted by Gasteiger charge is 2.39. The van der Waals surface area contributed by atoms with Crippen LogP contribution in [0.3, 0.4) is 0 Å². The number of ether oxygens (including phenoxy) is 1. The standard InChI is InChI=1S/C12H15ClN4O5/c13-11-8-12(15-3-14-11)17(4-16-8)7-1-5(19)9(20)10(21)6(2-18)22-7/h3-7,9-10,18-21H,1-2H2/t5-,6?,7-,9?,10-/m1/s1. The Labute approximate surface area is 129 Å². The minimum absolute atomic E-state index is 0.0121. The molecule has 0 radical (unpaired) electrons. The molecule has 4 N–H and O–H groups in total. The monoisotopic (exact) mass is 330 g/mol. The predicted octanol–water partition coefficient (Wildman–Crippen LogP) is -1.16. The van der Waals surface area contributed by atoms with Gasteiger partial charge in [0.15, 0.2) is 10.8 Å². The van der Waals surface area contributed by atoms with Gasteiger partial charge < -0.3 is 25.2 Å². The number of rotatable bonds is 2. The average Bonchev–Trinajstić information content (AvgIpc) is 2.91. The van der Waals surface area contributed by atoms with Crippen molar-refractivity contribution in [3.8, 4) is 0 Å². The molecule has 0 spiro atoms. The smallest absolute Gasteiger partial charge is 0.166 e. The highest BCUT2D eigenvalue weighted by atomic mass is 35.5. The summed E-state index contributed by atoms with van der Waals surface area (Å²) < 4.78 is 7.12. The summed E-state index contributed by atoms with van der Waals surface area (Å²) in [4.78, 5) is 12.0. The number of aromatic nitrogens is 4. The summed E-state index contributed by atoms with van der Waals surface area (Å²) in [6, 6.07) is 0. The molecule has 0 aliphatic carbocycles. The molecule has 0 bridgehead atoms. The van der Waals surface area contributed by atoms with Crippen LogP contribution in [0.5, 0.6) is 0 Å². The second-order valence-corrected chi connectivity index (χ2v) is 5.44. The van der Waals surface area contributed by atoms with Gasteiger partial charge in [-0.25, -0.2) is 15.0 Å². The fourth-order valence-corrected chi connectivity index (χ4v) is 2.67. The molecule has 1 aliphatic heterocycles. The molecular weight excluding hydrogens is 316 g/mol. The van der Waals surface area contributed by atoms with Gasteiger partial charge >= 0.3 is 0 Å². The largest absolute Gasteiger partial charge is 0.394 e. The molecular formula is C12H15ClN4O5. The SMILES string of the molecule is OCC1O[C@@H](n2cnc3c(Cl)ncnc32)C[C@@H](O)C(O)[C@@H]1O. The Hall–Kier alpha value is -1.36. The molecule has 3 rings (SSSR count). The van der Waals surface area contributed by atoms with Crippen molar-refractivity contribution >= 4 is 22.8 Å². The first kappa shape index (κ1) is 15.5. The molecule has 0 aromatic carbocycles. The summed E-state index contributed by atoms with van der Waals surface area (Å²) in [5.41, 5.74) is 0.757. The maximum absolute atomic E-state index is 9.97. The Morgan fingerprint density at radius 2 is 2.00 bits per heavy atom. The number of fused-ring (bicyclic) bond motifs is 1. The van der Waals surface area contributed by atoms with Crippen LogP contribution in [0.2, 0.25) is 5.15 Å². The van der Waals surface area contributed by atoms with Crippen LogP contribution in [0, 0.1) is 0 Å². The molecule has 5 atom stereocenters. The van der Waals surface area contributed by atoms with Gasteiger partial charge in [0, 0.05) is 6.42 Å². The maximum Gasteiger partial charge on any atom is 0.166 e. The lowest BCUT2D eigenvalue weighted by Crippen LogP contribution is -2.44. The van der Waals surface area contributed by atoms with E-state index in [1.165, 1.54) is 17.2 Å². The summed E-state index contributed by atoms with van der Waals surface area (Å²) in [6.07, 6.45) is -3.21. The van der Waals surface area contributed by atoms with Gasteiger partial charge in [-0.15, -0.1) is 0 Å². The zero-order chi connectivity index (χ0) is 15.9. The minimum atomic E-state index is -1.42. The van der Waals surface area contributed by atoms with Gasteiger partial charge in [0.25, 0.3) is 0 Å². The maximum atomic E-state index is 9.97. The van der Waals surface area contributed by atoms with Gasteiger partial charge in [0.2, 0.25) is 0 Å². The zero-order valence-electron chi connectivity index (χ0n) is 11.3. The van der Waals surface area contributed by atoms with Crippen LogP contribution in [-0.4, -0.2) is 71.0 Å². The topological polar surface area (TPSA) is 134 Å². The van der Waals surface area contributed by atoms with Crippen LogP contribution in [0.4, 0.5) is 0 Å². The summed E-state index contributed by atoms with van der Waals surface area (Å²) in [7, 11) is 0. The van der Waals surface area contributed by atoms with E-state index in [0.29, 0.717) is 11.2 Å². The molecule has 120 valence electrons. The first-order chi connectivity index (χ1) is 10.5. The van der Waals surface area contributed by atoms with Crippen LogP contribution < -0.4 is 0 Å². The molecule has 0 amide bonds. The van der Waals surface area contributed by atoms with Crippen LogP contribution >= 0.6 is 11.6 Å². The third kappa shape index (κ3) is 2.56. The lowest BCUT2D eigenvalue weighted by Gasteiger charge is -2.24. The number of imidazole rings is 1. The molecule has 3 heterocycles. The lowest BCUT2D eigenvalue weighted by atomic mass is 10.0. The van der Waals surface area contributed by atoms with Crippen molar-refractivity contribution in [1.82, 2.24) is 19.5 Å². The van der Waals surface area contributed by atoms with E-state index in [9.17, 15) is 20.4 Å². The van der Waals surface area contributed by atoms with E-state index in [-0.39, 0.29) is 11.6 Å². The number of aliphatic hydroxyl groups is 4. The molecule has 2 aromatic rings. The first-order valence-electron chi connectivity index (χ1n) is 6.66. The second-order valence-electron chi connectivity index (χ2n) is 5.08. The number of hydrogen-bond acceptors (Lipinski definition) is 8. The fourth-order valence-electron chi connectivity index (χ4n) is 2.50. The van der Waals surface area contributed by atoms with Crippen LogP contribution in [-0.2, 0) is 4.74 Å². The summed E-state index contributed by atoms with van der Waals surface area (Å²) in [5, 5.41) is 39.2. The van der Waals surface area contributed by atoms with E-state index < -0.39 is 37.3 Å². The van der Waals surface area contributed by atoms with E-state index in [1.807, 2.05) is 0 Å². The van der Waals surface area contributed by atoms with Crippen molar-refractivity contribution in [3.05, 3.63) is 17.8 Å². The molecule has 2 unspecified atom stereocenters. The van der Waals surface area contributed by atoms with Crippen molar-refractivity contribution in [2.24, 2.45) is 0 Å². The molecule has 1 aliphatic rings. The highest BCUT2D eigenvalue weighted by Crippen LogP contribution is 2.29. The number of halogens is 1. The third-order valence-electron chi connectivity index (χ3n) is 3.70. The molecule has 22 heavy (non-hydrogen) atoms. The Kier molecular flexibility index (Phi) is 4.26. The third-order valence-corrected chi connectivity index (χ3v) is 3.98. The average molecular weight is 331 g/mol. The normalized spacial score (nSPS) is 33.0. The van der Waals surface area contributed by atoms with Gasteiger partial charge in [0.1, 0.15) is 36.4 Å². The second kappa shape index (κ2) is 6.03. The highest BCUT2D eigenvalue weighted by molar-refractivity contribution is 6.33. The van der Waals surface area contributed by atoms with Gasteiger partial charge in [-0.1, -0.05) is 11.6 Å². The van der Waals surface area contributed by atoms with Gasteiger partial charge in [0.05, 0.1) is 19.0 Å². The zero-order valence-corrected chi connectivity index (χ0v) is 12.1. The van der Waals surface area contributed by atoms with Gasteiger partial charge in [-0.3, -0.25) is 4.57 Å². The molecule has 1 saturated heterocycles. The number of nitrogens with zero attached hydrogens (tertiary/aromatic N) is 4. The van der Waals surface area contributed by atoms with E-state index >= 15 is 0 Å². The van der Waals surface area contributed by atoms with Crippen molar-refractivity contribution in [3.63, 3.8) is 0 Å². The summed E-state index contributed by atoms with van der Waals surface area (Å²) in [5.74, 6) is 0. The lowest BCUT2D eigenvalue weighted by molar-refractivity contribution is -0.130. The Morgan fingerprint density at radius 3 is 2.73 bits per heavy atom. The number of hydrogen-bond donors (Lipinski definition) is 4. The summed E-state index contributed by atoms with van der Waals surface area (Å²) in [6.45, 7) is -0.510. The Morgan fingerprint density at radius 1 is 1.23 bits per heavy atom. The van der Waals surface area contributed by atoms with Crippen molar-refractivity contribution in [2.75, 3.05) is 6.61 Å². The van der Waals surface area contributed by atoms with E-state index in [1.54, 1.807) is 0 Å². The molecule has 1 fully saturated rings. The number of aliphatic hydroxyl groups excluding tert-OH is 4. The van der Waals surface area contributed by atoms with E-state index in [2.05, 4.69) is 15.0 Å². The first-order valence-corrected chi connectivity index (χ1v) is 7.04. The fraction of sp³-hybridized carbons (Fsp3) is 0.583. The summed E-state index contributed by atoms with van der Waals surface area (Å²) >= 11 is 5.94. The van der Waals surface area contributed by atoms with Crippen molar-refractivity contribution < 1.29 is 25.2 Å². The minimum Gasteiger partial charge on any atom is -0.394 e. The Bertz CT molecular complexity index is 668. The Balaban J connectivity index is 2.00. The molecule has 2 aromatic heterocycles. The molecule has 9 nitrogen and oxygen atoms in total. The van der Waals surface area contributed by atoms with E-state index in [0.717, 1.165) is 0 Å². The van der Waals surface area contributed by atoms with Gasteiger partial charge in [-0.2, -0.15) is 0 Å². The molecule has 10 heteroatoms. The van der Waals surface area contributed by atoms with Crippen molar-refractivity contribution in [2.45, 2.75) is 37.1 Å². The van der Waals surface area contributed by atoms with Crippen LogP contribution in [0.1, 0.15) is 12.6 Å².